The second-order valence-corrected chi connectivity index (χ2v) is 7.46. The van der Waals surface area contributed by atoms with Gasteiger partial charge in [0.2, 0.25) is 5.78 Å². The van der Waals surface area contributed by atoms with Crippen molar-refractivity contribution in [2.45, 2.75) is 32.4 Å². The van der Waals surface area contributed by atoms with Gasteiger partial charge < -0.3 is 9.64 Å². The van der Waals surface area contributed by atoms with Crippen molar-refractivity contribution >= 4 is 17.7 Å². The van der Waals surface area contributed by atoms with Crippen LogP contribution in [0.5, 0.6) is 0 Å². The number of carbonyl (C=O) groups excluding carboxylic acids is 3. The van der Waals surface area contributed by atoms with E-state index in [-0.39, 0.29) is 17.8 Å². The van der Waals surface area contributed by atoms with Crippen molar-refractivity contribution in [2.75, 3.05) is 13.1 Å². The van der Waals surface area contributed by atoms with E-state index in [4.69, 9.17) is 4.74 Å². The van der Waals surface area contributed by atoms with E-state index in [1.807, 2.05) is 20.8 Å². The van der Waals surface area contributed by atoms with Crippen LogP contribution in [0.3, 0.4) is 0 Å². The number of nitrogens with zero attached hydrogens (tertiary/aromatic N) is 4. The summed E-state index contributed by atoms with van der Waals surface area (Å²) >= 11 is 0. The van der Waals surface area contributed by atoms with Gasteiger partial charge in [-0.15, -0.1) is 5.10 Å². The lowest BCUT2D eigenvalue weighted by atomic mass is 9.90. The molecule has 1 aromatic heterocycles. The highest BCUT2D eigenvalue weighted by molar-refractivity contribution is 6.52. The van der Waals surface area contributed by atoms with E-state index < -0.39 is 17.2 Å². The number of rotatable bonds is 1. The van der Waals surface area contributed by atoms with E-state index in [9.17, 15) is 14.4 Å². The highest BCUT2D eigenvalue weighted by Gasteiger charge is 2.39. The van der Waals surface area contributed by atoms with E-state index >= 15 is 0 Å². The average molecular weight is 354 g/mol. The Morgan fingerprint density at radius 1 is 1.04 bits per heavy atom. The smallest absolute Gasteiger partial charge is 0.410 e. The largest absolute Gasteiger partial charge is 0.444 e. The lowest BCUT2D eigenvalue weighted by Crippen LogP contribution is -2.52. The number of Topliss-reactive ketones (excluding diaryl/α,β-unsaturated/α-hetero) is 2. The lowest BCUT2D eigenvalue weighted by Gasteiger charge is -2.38. The molecule has 1 aliphatic heterocycles. The van der Waals surface area contributed by atoms with Crippen molar-refractivity contribution < 1.29 is 19.1 Å². The standard InChI is InChI=1S/C18H18N4O4/c1-18(2,3)26-17(25)21-8-10(9-21)22-19-13-11-6-4-5-7-12(11)15(23)16(24)14(13)20-22/h4-7,10H,8-9H2,1-3H3. The summed E-state index contributed by atoms with van der Waals surface area (Å²) in [5.41, 5.74) is 0.898. The van der Waals surface area contributed by atoms with Gasteiger partial charge in [0.15, 0.2) is 5.69 Å². The van der Waals surface area contributed by atoms with E-state index in [1.165, 1.54) is 4.80 Å². The molecule has 0 unspecified atom stereocenters. The number of amides is 1. The van der Waals surface area contributed by atoms with Crippen molar-refractivity contribution in [3.05, 3.63) is 35.5 Å². The quantitative estimate of drug-likeness (QED) is 0.728. The number of hydrogen-bond acceptors (Lipinski definition) is 6. The fourth-order valence-electron chi connectivity index (χ4n) is 3.01. The Kier molecular flexibility index (Phi) is 3.47. The first-order chi connectivity index (χ1) is 12.2. The molecule has 0 bridgehead atoms. The normalized spacial score (nSPS) is 16.8. The molecule has 4 rings (SSSR count). The second kappa shape index (κ2) is 5.48. The molecule has 8 nitrogen and oxygen atoms in total. The van der Waals surface area contributed by atoms with E-state index in [0.29, 0.717) is 29.9 Å². The summed E-state index contributed by atoms with van der Waals surface area (Å²) in [4.78, 5) is 39.5. The lowest BCUT2D eigenvalue weighted by molar-refractivity contribution is -0.00226. The molecule has 134 valence electrons. The van der Waals surface area contributed by atoms with Crippen LogP contribution in [0.1, 0.15) is 47.7 Å². The number of likely N-dealkylation sites (tertiary alicyclic amines) is 1. The number of aromatic nitrogens is 3. The highest BCUT2D eigenvalue weighted by atomic mass is 16.6. The summed E-state index contributed by atoms with van der Waals surface area (Å²) in [5, 5.41) is 8.65. The predicted molar refractivity (Wildman–Crippen MR) is 91.0 cm³/mol. The minimum atomic E-state index is -0.645. The molecular formula is C18H18N4O4. The monoisotopic (exact) mass is 354 g/mol. The Bertz CT molecular complexity index is 935. The summed E-state index contributed by atoms with van der Waals surface area (Å²) in [6.45, 7) is 6.22. The van der Waals surface area contributed by atoms with Gasteiger partial charge in [-0.1, -0.05) is 24.3 Å². The van der Waals surface area contributed by atoms with E-state index in [1.54, 1.807) is 29.2 Å². The third-order valence-corrected chi connectivity index (χ3v) is 4.32. The van der Waals surface area contributed by atoms with Crippen LogP contribution in [-0.4, -0.2) is 56.2 Å². The summed E-state index contributed by atoms with van der Waals surface area (Å²) in [6, 6.07) is 6.72. The number of carbonyl (C=O) groups is 3. The Hall–Kier alpha value is -3.03. The predicted octanol–water partition coefficient (Wildman–Crippen LogP) is 2.12. The van der Waals surface area contributed by atoms with Crippen LogP contribution in [0, 0.1) is 0 Å². The van der Waals surface area contributed by atoms with Crippen LogP contribution in [0.2, 0.25) is 0 Å². The van der Waals surface area contributed by atoms with Crippen molar-refractivity contribution in [2.24, 2.45) is 0 Å². The first kappa shape index (κ1) is 16.4. The van der Waals surface area contributed by atoms with Crippen molar-refractivity contribution in [1.82, 2.24) is 19.9 Å². The van der Waals surface area contributed by atoms with Gasteiger partial charge in [-0.2, -0.15) is 9.90 Å². The van der Waals surface area contributed by atoms with Crippen molar-refractivity contribution in [3.8, 4) is 11.3 Å². The molecule has 1 saturated heterocycles. The topological polar surface area (TPSA) is 94.4 Å². The molecular weight excluding hydrogens is 336 g/mol. The van der Waals surface area contributed by atoms with Gasteiger partial charge >= 0.3 is 6.09 Å². The third-order valence-electron chi connectivity index (χ3n) is 4.32. The molecule has 1 aliphatic carbocycles. The fraction of sp³-hybridized carbons (Fsp3) is 0.389. The molecule has 0 radical (unpaired) electrons. The molecule has 0 N–H and O–H groups in total. The molecule has 2 aromatic rings. The van der Waals surface area contributed by atoms with Gasteiger partial charge in [-0.05, 0) is 20.8 Å². The van der Waals surface area contributed by atoms with Gasteiger partial charge in [0.1, 0.15) is 17.3 Å². The summed E-state index contributed by atoms with van der Waals surface area (Å²) in [5.74, 6) is -1.21. The zero-order chi connectivity index (χ0) is 18.6. The first-order valence-corrected chi connectivity index (χ1v) is 8.38. The Morgan fingerprint density at radius 2 is 1.65 bits per heavy atom. The summed E-state index contributed by atoms with van der Waals surface area (Å²) in [7, 11) is 0. The van der Waals surface area contributed by atoms with Gasteiger partial charge in [0.25, 0.3) is 5.78 Å². The molecule has 0 saturated carbocycles. The Labute approximate surface area is 149 Å². The molecule has 1 fully saturated rings. The maximum absolute atomic E-state index is 12.3. The maximum atomic E-state index is 12.3. The minimum absolute atomic E-state index is 0.0735. The molecule has 26 heavy (non-hydrogen) atoms. The van der Waals surface area contributed by atoms with Crippen LogP contribution < -0.4 is 0 Å². The fourth-order valence-corrected chi connectivity index (χ4v) is 3.01. The molecule has 2 heterocycles. The molecule has 8 heteroatoms. The van der Waals surface area contributed by atoms with Gasteiger partial charge in [0, 0.05) is 11.1 Å². The SMILES string of the molecule is CC(C)(C)OC(=O)N1CC(n2nc3c(n2)-c2ccccc2C(=O)C3=O)C1. The number of ether oxygens (including phenoxy) is 1. The molecule has 0 atom stereocenters. The van der Waals surface area contributed by atoms with Crippen LogP contribution in [0.25, 0.3) is 11.3 Å². The zero-order valence-corrected chi connectivity index (χ0v) is 14.7. The van der Waals surface area contributed by atoms with Crippen molar-refractivity contribution in [1.29, 1.82) is 0 Å². The van der Waals surface area contributed by atoms with Crippen LogP contribution >= 0.6 is 0 Å². The molecule has 1 amide bonds. The Balaban J connectivity index is 1.56. The van der Waals surface area contributed by atoms with Crippen molar-refractivity contribution in [3.63, 3.8) is 0 Å². The third kappa shape index (κ3) is 2.58. The van der Waals surface area contributed by atoms with Crippen LogP contribution in [-0.2, 0) is 4.74 Å². The van der Waals surface area contributed by atoms with Crippen LogP contribution in [0.15, 0.2) is 24.3 Å². The minimum Gasteiger partial charge on any atom is -0.444 e. The first-order valence-electron chi connectivity index (χ1n) is 8.38. The number of fused-ring (bicyclic) bond motifs is 3. The van der Waals surface area contributed by atoms with Gasteiger partial charge in [-0.25, -0.2) is 4.79 Å². The van der Waals surface area contributed by atoms with Gasteiger partial charge in [-0.3, -0.25) is 9.59 Å². The maximum Gasteiger partial charge on any atom is 0.410 e. The Morgan fingerprint density at radius 3 is 2.31 bits per heavy atom. The van der Waals surface area contributed by atoms with Gasteiger partial charge in [0.05, 0.1) is 13.1 Å². The second-order valence-electron chi connectivity index (χ2n) is 7.46. The summed E-state index contributed by atoms with van der Waals surface area (Å²) in [6.07, 6.45) is -0.387. The average Bonchev–Trinajstić information content (AvgIpc) is 2.94. The summed E-state index contributed by atoms with van der Waals surface area (Å²) < 4.78 is 5.32. The van der Waals surface area contributed by atoms with E-state index in [2.05, 4.69) is 10.2 Å². The number of ketones is 2. The molecule has 2 aliphatic rings. The van der Waals surface area contributed by atoms with E-state index in [0.717, 1.165) is 0 Å². The molecule has 1 aromatic carbocycles. The number of benzene rings is 1. The molecule has 0 spiro atoms. The highest BCUT2D eigenvalue weighted by Crippen LogP contribution is 2.32. The van der Waals surface area contributed by atoms with Crippen LogP contribution in [0.4, 0.5) is 4.79 Å². The number of hydrogen-bond donors (Lipinski definition) is 0. The zero-order valence-electron chi connectivity index (χ0n) is 14.7.